The van der Waals surface area contributed by atoms with Gasteiger partial charge in [-0.1, -0.05) is 18.2 Å². The third-order valence-electron chi connectivity index (χ3n) is 4.76. The second-order valence-electron chi connectivity index (χ2n) is 6.83. The van der Waals surface area contributed by atoms with Crippen LogP contribution in [0.25, 0.3) is 0 Å². The van der Waals surface area contributed by atoms with Crippen molar-refractivity contribution >= 4 is 11.9 Å². The number of carbonyl (C=O) groups is 1. The van der Waals surface area contributed by atoms with Crippen molar-refractivity contribution in [2.24, 2.45) is 4.99 Å². The first-order chi connectivity index (χ1) is 13.1. The van der Waals surface area contributed by atoms with Crippen LogP contribution in [0, 0.1) is 6.92 Å². The Labute approximate surface area is 162 Å². The van der Waals surface area contributed by atoms with Gasteiger partial charge in [0, 0.05) is 39.8 Å². The molecule has 7 nitrogen and oxygen atoms in total. The number of aryl methyl sites for hydroxylation is 1. The minimum Gasteiger partial charge on any atom is -0.493 e. The van der Waals surface area contributed by atoms with Gasteiger partial charge in [0.1, 0.15) is 5.75 Å². The Morgan fingerprint density at radius 3 is 2.70 bits per heavy atom. The highest BCUT2D eigenvalue weighted by molar-refractivity contribution is 5.80. The maximum atomic E-state index is 11.5. The fraction of sp³-hybridized carbons (Fsp3) is 0.600. The molecule has 1 amide bonds. The van der Waals surface area contributed by atoms with Crippen LogP contribution in [0.2, 0.25) is 0 Å². The molecule has 1 aliphatic rings. The van der Waals surface area contributed by atoms with Crippen molar-refractivity contribution in [1.82, 2.24) is 20.9 Å². The minimum absolute atomic E-state index is 0.0757. The topological polar surface area (TPSA) is 78.0 Å². The van der Waals surface area contributed by atoms with Gasteiger partial charge in [-0.25, -0.2) is 0 Å². The Kier molecular flexibility index (Phi) is 8.91. The third kappa shape index (κ3) is 7.46. The molecule has 27 heavy (non-hydrogen) atoms. The zero-order chi connectivity index (χ0) is 19.5. The number of carbonyl (C=O) groups excluding carboxylic acids is 1. The van der Waals surface area contributed by atoms with E-state index in [-0.39, 0.29) is 5.91 Å². The van der Waals surface area contributed by atoms with Crippen LogP contribution in [0.1, 0.15) is 24.8 Å². The summed E-state index contributed by atoms with van der Waals surface area (Å²) in [5.41, 5.74) is 1.16. The molecule has 1 saturated heterocycles. The van der Waals surface area contributed by atoms with Crippen LogP contribution < -0.4 is 20.7 Å². The molecule has 0 radical (unpaired) electrons. The minimum atomic E-state index is 0.0757. The molecule has 1 aromatic rings. The highest BCUT2D eigenvalue weighted by Gasteiger charge is 2.21. The first kappa shape index (κ1) is 21.0. The number of nitrogens with zero attached hydrogens (tertiary/aromatic N) is 2. The van der Waals surface area contributed by atoms with Crippen LogP contribution in [-0.2, 0) is 4.79 Å². The summed E-state index contributed by atoms with van der Waals surface area (Å²) in [6, 6.07) is 8.45. The number of likely N-dealkylation sites (tertiary alicyclic amines) is 1. The fourth-order valence-corrected chi connectivity index (χ4v) is 3.09. The molecule has 1 aromatic carbocycles. The molecule has 1 heterocycles. The maximum absolute atomic E-state index is 11.5. The fourth-order valence-electron chi connectivity index (χ4n) is 3.09. The smallest absolute Gasteiger partial charge is 0.233 e. The number of benzene rings is 1. The van der Waals surface area contributed by atoms with Crippen molar-refractivity contribution in [3.63, 3.8) is 0 Å². The molecule has 0 aromatic heterocycles. The lowest BCUT2D eigenvalue weighted by atomic mass is 10.1. The van der Waals surface area contributed by atoms with Crippen molar-refractivity contribution in [2.75, 3.05) is 46.9 Å². The van der Waals surface area contributed by atoms with Crippen LogP contribution in [0.15, 0.2) is 29.3 Å². The van der Waals surface area contributed by atoms with Gasteiger partial charge in [0.15, 0.2) is 5.96 Å². The quantitative estimate of drug-likeness (QED) is 0.361. The summed E-state index contributed by atoms with van der Waals surface area (Å²) in [4.78, 5) is 18.0. The average molecular weight is 376 g/mol. The van der Waals surface area contributed by atoms with Crippen molar-refractivity contribution < 1.29 is 9.53 Å². The summed E-state index contributed by atoms with van der Waals surface area (Å²) in [6.07, 6.45) is 2.92. The van der Waals surface area contributed by atoms with Gasteiger partial charge in [-0.2, -0.15) is 0 Å². The molecule has 0 spiro atoms. The first-order valence-corrected chi connectivity index (χ1v) is 9.71. The van der Waals surface area contributed by atoms with Gasteiger partial charge in [-0.3, -0.25) is 14.7 Å². The molecule has 2 rings (SSSR count). The van der Waals surface area contributed by atoms with E-state index in [1.807, 2.05) is 18.2 Å². The first-order valence-electron chi connectivity index (χ1n) is 9.71. The van der Waals surface area contributed by atoms with E-state index in [9.17, 15) is 4.79 Å². The summed E-state index contributed by atoms with van der Waals surface area (Å²) in [5, 5.41) is 9.51. The molecular formula is C20H33N5O2. The van der Waals surface area contributed by atoms with Crippen molar-refractivity contribution in [1.29, 1.82) is 0 Å². The Bertz CT molecular complexity index is 612. The summed E-state index contributed by atoms with van der Waals surface area (Å²) in [6.45, 7) is 5.86. The standard InChI is InChI=1S/C20H33N5O2/c1-16-7-4-5-8-18(16)27-14-6-11-23-20(22-3)24-17-9-12-25(13-10-17)15-19(26)21-2/h4-5,7-8,17H,6,9-15H2,1-3H3,(H,21,26)(H2,22,23,24). The zero-order valence-corrected chi connectivity index (χ0v) is 16.8. The number of nitrogens with one attached hydrogen (secondary N) is 3. The summed E-state index contributed by atoms with van der Waals surface area (Å²) in [7, 11) is 3.47. The molecule has 3 N–H and O–H groups in total. The van der Waals surface area contributed by atoms with E-state index < -0.39 is 0 Å². The SMILES string of the molecule is CN=C(NCCCOc1ccccc1C)NC1CCN(CC(=O)NC)CC1. The molecule has 150 valence electrons. The highest BCUT2D eigenvalue weighted by atomic mass is 16.5. The van der Waals surface area contributed by atoms with Gasteiger partial charge < -0.3 is 20.7 Å². The predicted molar refractivity (Wildman–Crippen MR) is 109 cm³/mol. The third-order valence-corrected chi connectivity index (χ3v) is 4.76. The van der Waals surface area contributed by atoms with E-state index in [1.165, 1.54) is 0 Å². The number of ether oxygens (including phenoxy) is 1. The number of likely N-dealkylation sites (N-methyl/N-ethyl adjacent to an activating group) is 1. The molecule has 0 saturated carbocycles. The van der Waals surface area contributed by atoms with E-state index in [0.717, 1.165) is 56.2 Å². The molecule has 0 unspecified atom stereocenters. The van der Waals surface area contributed by atoms with Crippen molar-refractivity contribution in [2.45, 2.75) is 32.2 Å². The number of rotatable bonds is 8. The van der Waals surface area contributed by atoms with E-state index in [0.29, 0.717) is 19.2 Å². The van der Waals surface area contributed by atoms with E-state index in [1.54, 1.807) is 14.1 Å². The molecular weight excluding hydrogens is 342 g/mol. The normalized spacial score (nSPS) is 16.0. The Morgan fingerprint density at radius 1 is 1.30 bits per heavy atom. The Hall–Kier alpha value is -2.28. The van der Waals surface area contributed by atoms with E-state index in [4.69, 9.17) is 4.74 Å². The number of hydrogen-bond donors (Lipinski definition) is 3. The second kappa shape index (κ2) is 11.4. The highest BCUT2D eigenvalue weighted by Crippen LogP contribution is 2.16. The molecule has 0 bridgehead atoms. The zero-order valence-electron chi connectivity index (χ0n) is 16.8. The lowest BCUT2D eigenvalue weighted by Crippen LogP contribution is -2.50. The van der Waals surface area contributed by atoms with E-state index in [2.05, 4.69) is 38.8 Å². The Morgan fingerprint density at radius 2 is 2.04 bits per heavy atom. The van der Waals surface area contributed by atoms with Crippen LogP contribution >= 0.6 is 0 Å². The van der Waals surface area contributed by atoms with Gasteiger partial charge in [-0.05, 0) is 37.8 Å². The average Bonchev–Trinajstić information content (AvgIpc) is 2.69. The lowest BCUT2D eigenvalue weighted by Gasteiger charge is -2.32. The van der Waals surface area contributed by atoms with Crippen LogP contribution in [-0.4, -0.2) is 69.7 Å². The van der Waals surface area contributed by atoms with Crippen molar-refractivity contribution in [3.05, 3.63) is 29.8 Å². The van der Waals surface area contributed by atoms with Crippen LogP contribution in [0.3, 0.4) is 0 Å². The van der Waals surface area contributed by atoms with Crippen LogP contribution in [0.5, 0.6) is 5.75 Å². The van der Waals surface area contributed by atoms with Crippen LogP contribution in [0.4, 0.5) is 0 Å². The number of hydrogen-bond acceptors (Lipinski definition) is 4. The number of para-hydroxylation sites is 1. The van der Waals surface area contributed by atoms with E-state index >= 15 is 0 Å². The summed E-state index contributed by atoms with van der Waals surface area (Å²) >= 11 is 0. The van der Waals surface area contributed by atoms with Gasteiger partial charge in [0.2, 0.25) is 5.91 Å². The predicted octanol–water partition coefficient (Wildman–Crippen LogP) is 1.14. The Balaban J connectivity index is 1.61. The number of piperidine rings is 1. The van der Waals surface area contributed by atoms with Gasteiger partial charge >= 0.3 is 0 Å². The summed E-state index contributed by atoms with van der Waals surface area (Å²) in [5.74, 6) is 1.85. The molecule has 7 heteroatoms. The molecule has 0 aliphatic carbocycles. The van der Waals surface area contributed by atoms with Gasteiger partial charge in [-0.15, -0.1) is 0 Å². The maximum Gasteiger partial charge on any atom is 0.233 e. The van der Waals surface area contributed by atoms with Gasteiger partial charge in [0.25, 0.3) is 0 Å². The largest absolute Gasteiger partial charge is 0.493 e. The number of amides is 1. The lowest BCUT2D eigenvalue weighted by molar-refractivity contribution is -0.122. The van der Waals surface area contributed by atoms with Crippen molar-refractivity contribution in [3.8, 4) is 5.75 Å². The molecule has 1 aliphatic heterocycles. The second-order valence-corrected chi connectivity index (χ2v) is 6.83. The molecule has 0 atom stereocenters. The number of guanidine groups is 1. The summed E-state index contributed by atoms with van der Waals surface area (Å²) < 4.78 is 5.82. The monoisotopic (exact) mass is 375 g/mol. The number of aliphatic imine (C=N–C) groups is 1. The van der Waals surface area contributed by atoms with Gasteiger partial charge in [0.05, 0.1) is 13.2 Å². The molecule has 1 fully saturated rings.